The van der Waals surface area contributed by atoms with Crippen LogP contribution in [0, 0.1) is 5.82 Å². The van der Waals surface area contributed by atoms with Crippen LogP contribution in [0.15, 0.2) is 40.3 Å². The molecule has 3 aliphatic heterocycles. The lowest BCUT2D eigenvalue weighted by molar-refractivity contribution is 0.0367. The van der Waals surface area contributed by atoms with E-state index in [9.17, 15) is 14.3 Å². The Hall–Kier alpha value is -2.53. The molecular formula is C23H24FN5O3S. The monoisotopic (exact) mass is 469 g/mol. The molecule has 1 saturated heterocycles. The molecule has 0 amide bonds. The van der Waals surface area contributed by atoms with E-state index in [-0.39, 0.29) is 23.3 Å². The Morgan fingerprint density at radius 3 is 3.06 bits per heavy atom. The van der Waals surface area contributed by atoms with E-state index < -0.39 is 6.10 Å². The molecule has 0 radical (unpaired) electrons. The van der Waals surface area contributed by atoms with Crippen molar-refractivity contribution in [2.45, 2.75) is 42.5 Å². The molecule has 3 aromatic rings. The number of halogens is 1. The second-order valence-corrected chi connectivity index (χ2v) is 9.83. The van der Waals surface area contributed by atoms with E-state index in [1.165, 1.54) is 12.3 Å². The molecule has 33 heavy (non-hydrogen) atoms. The maximum Gasteiger partial charge on any atom is 0.251 e. The molecule has 1 fully saturated rings. The molecule has 0 saturated carbocycles. The van der Waals surface area contributed by atoms with Crippen LogP contribution in [-0.4, -0.2) is 62.3 Å². The van der Waals surface area contributed by atoms with Crippen LogP contribution in [0.1, 0.15) is 23.6 Å². The molecule has 10 heteroatoms. The standard InChI is InChI=1S/C23H24FN5O3S/c24-15-7-27-17-1-2-21(31)29-10-13(22(15)23(17)29)9-28-4-3-16(18(30)11-28)26-6-14-5-20-19(8-25-14)32-12-33-20/h1-2,5,7-8,13,16,18,26,30H,3-4,6,9-12H2. The number of nitrogens with one attached hydrogen (secondary N) is 1. The number of thioether (sulfide) groups is 1. The van der Waals surface area contributed by atoms with Crippen molar-refractivity contribution < 1.29 is 14.2 Å². The first kappa shape index (κ1) is 21.0. The number of pyridine rings is 3. The first-order valence-electron chi connectivity index (χ1n) is 11.1. The number of fused-ring (bicyclic) bond motifs is 1. The van der Waals surface area contributed by atoms with Crippen molar-refractivity contribution in [3.8, 4) is 5.75 Å². The van der Waals surface area contributed by atoms with Gasteiger partial charge in [-0.25, -0.2) is 4.39 Å². The summed E-state index contributed by atoms with van der Waals surface area (Å²) >= 11 is 1.66. The molecule has 0 aliphatic carbocycles. The Balaban J connectivity index is 1.10. The maximum atomic E-state index is 14.7. The number of hydrogen-bond acceptors (Lipinski definition) is 8. The fourth-order valence-electron chi connectivity index (χ4n) is 5.18. The van der Waals surface area contributed by atoms with Crippen molar-refractivity contribution in [3.63, 3.8) is 0 Å². The van der Waals surface area contributed by atoms with Gasteiger partial charge in [-0.1, -0.05) is 11.8 Å². The molecular weight excluding hydrogens is 445 g/mol. The molecule has 3 aliphatic rings. The SMILES string of the molecule is O=c1ccc2ncc(F)c3c2n1CC3CN1CCC(NCc2cc3c(cn2)OCS3)C(O)C1. The van der Waals surface area contributed by atoms with Crippen LogP contribution < -0.4 is 15.6 Å². The lowest BCUT2D eigenvalue weighted by atomic mass is 9.97. The number of aliphatic hydroxyl groups excluding tert-OH is 1. The van der Waals surface area contributed by atoms with E-state index in [1.54, 1.807) is 28.6 Å². The highest BCUT2D eigenvalue weighted by Crippen LogP contribution is 2.36. The molecule has 3 atom stereocenters. The summed E-state index contributed by atoms with van der Waals surface area (Å²) in [6.45, 7) is 2.89. The smallest absolute Gasteiger partial charge is 0.251 e. The first-order chi connectivity index (χ1) is 16.1. The third-order valence-electron chi connectivity index (χ3n) is 6.81. The van der Waals surface area contributed by atoms with Gasteiger partial charge in [-0.2, -0.15) is 0 Å². The van der Waals surface area contributed by atoms with Crippen LogP contribution in [-0.2, 0) is 13.1 Å². The molecule has 6 heterocycles. The Morgan fingerprint density at radius 2 is 2.18 bits per heavy atom. The molecule has 2 N–H and O–H groups in total. The largest absolute Gasteiger partial charge is 0.480 e. The van der Waals surface area contributed by atoms with Crippen molar-refractivity contribution in [1.82, 2.24) is 24.8 Å². The van der Waals surface area contributed by atoms with Gasteiger partial charge in [0.2, 0.25) is 0 Å². The zero-order valence-corrected chi connectivity index (χ0v) is 18.7. The topological polar surface area (TPSA) is 92.5 Å². The summed E-state index contributed by atoms with van der Waals surface area (Å²) in [5, 5.41) is 14.2. The molecule has 3 unspecified atom stereocenters. The minimum absolute atomic E-state index is 0.0343. The fourth-order valence-corrected chi connectivity index (χ4v) is 5.97. The van der Waals surface area contributed by atoms with Gasteiger partial charge >= 0.3 is 0 Å². The molecule has 0 aromatic carbocycles. The number of aromatic nitrogens is 3. The number of β-amino-alcohol motifs (C(OH)–C–C–N with tert-alkyl or cyclic N) is 1. The zero-order valence-electron chi connectivity index (χ0n) is 17.9. The summed E-state index contributed by atoms with van der Waals surface area (Å²) in [4.78, 5) is 24.2. The Bertz CT molecular complexity index is 1280. The van der Waals surface area contributed by atoms with Crippen molar-refractivity contribution in [1.29, 1.82) is 0 Å². The third-order valence-corrected chi connectivity index (χ3v) is 7.68. The number of aliphatic hydroxyl groups is 1. The predicted octanol–water partition coefficient (Wildman–Crippen LogP) is 1.69. The second-order valence-electron chi connectivity index (χ2n) is 8.86. The van der Waals surface area contributed by atoms with E-state index in [0.717, 1.165) is 29.3 Å². The Labute approximate surface area is 193 Å². The van der Waals surface area contributed by atoms with Crippen LogP contribution in [0.2, 0.25) is 0 Å². The Kier molecular flexibility index (Phi) is 5.33. The first-order valence-corrected chi connectivity index (χ1v) is 12.1. The average Bonchev–Trinajstić information content (AvgIpc) is 3.43. The molecule has 0 spiro atoms. The van der Waals surface area contributed by atoms with E-state index in [1.807, 2.05) is 6.07 Å². The van der Waals surface area contributed by atoms with Crippen LogP contribution in [0.25, 0.3) is 11.0 Å². The van der Waals surface area contributed by atoms with E-state index >= 15 is 0 Å². The van der Waals surface area contributed by atoms with E-state index in [0.29, 0.717) is 48.7 Å². The van der Waals surface area contributed by atoms with Gasteiger partial charge in [0, 0.05) is 49.8 Å². The lowest BCUT2D eigenvalue weighted by Gasteiger charge is -2.37. The Morgan fingerprint density at radius 1 is 1.27 bits per heavy atom. The van der Waals surface area contributed by atoms with Crippen molar-refractivity contribution in [3.05, 3.63) is 58.0 Å². The minimum atomic E-state index is -0.542. The molecule has 0 bridgehead atoms. The van der Waals surface area contributed by atoms with Crippen LogP contribution >= 0.6 is 11.8 Å². The highest BCUT2D eigenvalue weighted by molar-refractivity contribution is 7.99. The van der Waals surface area contributed by atoms with Crippen LogP contribution in [0.3, 0.4) is 0 Å². The van der Waals surface area contributed by atoms with Gasteiger partial charge in [-0.15, -0.1) is 0 Å². The molecule has 172 valence electrons. The molecule has 3 aromatic heterocycles. The van der Waals surface area contributed by atoms with Gasteiger partial charge in [0.1, 0.15) is 11.8 Å². The predicted molar refractivity (Wildman–Crippen MR) is 122 cm³/mol. The normalized spacial score (nSPS) is 24.2. The van der Waals surface area contributed by atoms with E-state index in [4.69, 9.17) is 4.74 Å². The summed E-state index contributed by atoms with van der Waals surface area (Å²) in [6.07, 6.45) is 3.23. The number of rotatable bonds is 5. The van der Waals surface area contributed by atoms with Crippen molar-refractivity contribution in [2.24, 2.45) is 0 Å². The third kappa shape index (κ3) is 3.80. The van der Waals surface area contributed by atoms with Gasteiger partial charge in [0.15, 0.2) is 5.75 Å². The number of hydrogen-bond donors (Lipinski definition) is 2. The summed E-state index contributed by atoms with van der Waals surface area (Å²) in [5.74, 6) is 0.946. The van der Waals surface area contributed by atoms with Crippen LogP contribution in [0.5, 0.6) is 5.75 Å². The number of ether oxygens (including phenoxy) is 1. The minimum Gasteiger partial charge on any atom is -0.480 e. The zero-order chi connectivity index (χ0) is 22.5. The summed E-state index contributed by atoms with van der Waals surface area (Å²) < 4.78 is 21.8. The maximum absolute atomic E-state index is 14.7. The van der Waals surface area contributed by atoms with Gasteiger partial charge in [-0.05, 0) is 25.1 Å². The molecule has 6 rings (SSSR count). The van der Waals surface area contributed by atoms with Gasteiger partial charge in [-0.3, -0.25) is 19.7 Å². The average molecular weight is 470 g/mol. The fraction of sp³-hybridized carbons (Fsp3) is 0.435. The van der Waals surface area contributed by atoms with Crippen LogP contribution in [0.4, 0.5) is 4.39 Å². The highest BCUT2D eigenvalue weighted by Gasteiger charge is 2.34. The second kappa shape index (κ2) is 8.35. The number of nitrogens with zero attached hydrogens (tertiary/aromatic N) is 4. The van der Waals surface area contributed by atoms with Gasteiger partial charge < -0.3 is 19.7 Å². The quantitative estimate of drug-likeness (QED) is 0.584. The summed E-state index contributed by atoms with van der Waals surface area (Å²) in [5.41, 5.74) is 2.60. The number of likely N-dealkylation sites (tertiary alicyclic amines) is 1. The van der Waals surface area contributed by atoms with Crippen molar-refractivity contribution in [2.75, 3.05) is 25.6 Å². The highest BCUT2D eigenvalue weighted by atomic mass is 32.2. The summed E-state index contributed by atoms with van der Waals surface area (Å²) in [6, 6.07) is 5.14. The number of piperidine rings is 1. The molecule has 8 nitrogen and oxygen atoms in total. The van der Waals surface area contributed by atoms with E-state index in [2.05, 4.69) is 20.2 Å². The lowest BCUT2D eigenvalue weighted by Crippen LogP contribution is -2.53. The van der Waals surface area contributed by atoms with Gasteiger partial charge in [0.25, 0.3) is 5.56 Å². The van der Waals surface area contributed by atoms with Gasteiger partial charge in [0.05, 0.1) is 40.1 Å². The summed E-state index contributed by atoms with van der Waals surface area (Å²) in [7, 11) is 0. The van der Waals surface area contributed by atoms with Crippen molar-refractivity contribution >= 4 is 22.8 Å².